The standard InChI is InChI=1S/C29H34N4O2/c1-20-11-12-25(28(34)30-16-13-23-19-31-26-10-6-5-9-24(23)26)27(32-20)21-14-17-33(18-15-21)29(35)22-7-3-2-4-8-22/h2-3,5-6,9-12,19,21-22,31H,4,7-8,13-18H2,1H3,(H,30,34). The number of likely N-dealkylation sites (tertiary alicyclic amines) is 1. The maximum Gasteiger partial charge on any atom is 0.253 e. The number of amides is 2. The SMILES string of the molecule is Cc1ccc(C(=O)NCCc2c[nH]c3ccccc23)c(C2CCN(C(=O)C3CC=CCC3)CC2)n1. The van der Waals surface area contributed by atoms with Crippen LogP contribution in [0.25, 0.3) is 10.9 Å². The fourth-order valence-corrected chi connectivity index (χ4v) is 5.47. The van der Waals surface area contributed by atoms with Gasteiger partial charge in [0.25, 0.3) is 5.91 Å². The highest BCUT2D eigenvalue weighted by molar-refractivity contribution is 5.95. The van der Waals surface area contributed by atoms with E-state index in [2.05, 4.69) is 34.6 Å². The molecular weight excluding hydrogens is 436 g/mol. The number of fused-ring (bicyclic) bond motifs is 1. The summed E-state index contributed by atoms with van der Waals surface area (Å²) >= 11 is 0. The zero-order valence-corrected chi connectivity index (χ0v) is 20.4. The van der Waals surface area contributed by atoms with Gasteiger partial charge < -0.3 is 15.2 Å². The van der Waals surface area contributed by atoms with Crippen molar-refractivity contribution in [2.45, 2.75) is 51.4 Å². The average Bonchev–Trinajstić information content (AvgIpc) is 3.32. The van der Waals surface area contributed by atoms with Crippen LogP contribution >= 0.6 is 0 Å². The minimum Gasteiger partial charge on any atom is -0.361 e. The molecule has 1 aromatic carbocycles. The molecule has 1 aliphatic heterocycles. The molecule has 0 spiro atoms. The van der Waals surface area contributed by atoms with E-state index in [1.807, 2.05) is 42.3 Å². The Bertz CT molecular complexity index is 1240. The molecule has 1 aliphatic carbocycles. The number of aromatic amines is 1. The zero-order valence-electron chi connectivity index (χ0n) is 20.4. The summed E-state index contributed by atoms with van der Waals surface area (Å²) in [5.41, 5.74) is 4.78. The second-order valence-electron chi connectivity index (χ2n) is 9.83. The summed E-state index contributed by atoms with van der Waals surface area (Å²) in [4.78, 5) is 36.2. The number of aryl methyl sites for hydroxylation is 1. The predicted molar refractivity (Wildman–Crippen MR) is 138 cm³/mol. The van der Waals surface area contributed by atoms with Crippen molar-refractivity contribution in [1.82, 2.24) is 20.2 Å². The van der Waals surface area contributed by atoms with Crippen LogP contribution in [0.2, 0.25) is 0 Å². The molecule has 2 aromatic heterocycles. The third-order valence-corrected chi connectivity index (χ3v) is 7.48. The first-order valence-electron chi connectivity index (χ1n) is 12.8. The number of carbonyl (C=O) groups is 2. The number of allylic oxidation sites excluding steroid dienone is 2. The molecule has 6 nitrogen and oxygen atoms in total. The van der Waals surface area contributed by atoms with E-state index in [0.717, 1.165) is 68.5 Å². The number of H-pyrrole nitrogens is 1. The van der Waals surface area contributed by atoms with E-state index < -0.39 is 0 Å². The Morgan fingerprint density at radius 3 is 2.71 bits per heavy atom. The minimum absolute atomic E-state index is 0.0696. The van der Waals surface area contributed by atoms with Crippen molar-refractivity contribution in [3.8, 4) is 0 Å². The first-order chi connectivity index (χ1) is 17.1. The molecule has 0 radical (unpaired) electrons. The van der Waals surface area contributed by atoms with Crippen LogP contribution in [0.15, 0.2) is 54.7 Å². The summed E-state index contributed by atoms with van der Waals surface area (Å²) < 4.78 is 0. The molecule has 1 unspecified atom stereocenters. The van der Waals surface area contributed by atoms with Crippen molar-refractivity contribution in [3.63, 3.8) is 0 Å². The third-order valence-electron chi connectivity index (χ3n) is 7.48. The largest absolute Gasteiger partial charge is 0.361 e. The number of nitrogens with one attached hydrogen (secondary N) is 2. The van der Waals surface area contributed by atoms with Gasteiger partial charge in [0.15, 0.2) is 0 Å². The van der Waals surface area contributed by atoms with Crippen LogP contribution in [0, 0.1) is 12.8 Å². The van der Waals surface area contributed by atoms with Crippen LogP contribution in [0.1, 0.15) is 65.3 Å². The number of rotatable bonds is 6. The van der Waals surface area contributed by atoms with E-state index in [1.165, 1.54) is 10.9 Å². The van der Waals surface area contributed by atoms with E-state index in [9.17, 15) is 9.59 Å². The third kappa shape index (κ3) is 5.16. The lowest BCUT2D eigenvalue weighted by Crippen LogP contribution is -2.42. The molecule has 2 aliphatic rings. The molecule has 0 bridgehead atoms. The first-order valence-corrected chi connectivity index (χ1v) is 12.8. The summed E-state index contributed by atoms with van der Waals surface area (Å²) in [5, 5.41) is 4.31. The quantitative estimate of drug-likeness (QED) is 0.503. The lowest BCUT2D eigenvalue weighted by molar-refractivity contribution is -0.136. The highest BCUT2D eigenvalue weighted by Gasteiger charge is 2.30. The van der Waals surface area contributed by atoms with Crippen LogP contribution in [0.5, 0.6) is 0 Å². The van der Waals surface area contributed by atoms with Gasteiger partial charge in [-0.3, -0.25) is 14.6 Å². The van der Waals surface area contributed by atoms with E-state index in [1.54, 1.807) is 0 Å². The lowest BCUT2D eigenvalue weighted by Gasteiger charge is -2.35. The fourth-order valence-electron chi connectivity index (χ4n) is 5.47. The molecule has 35 heavy (non-hydrogen) atoms. The van der Waals surface area contributed by atoms with Gasteiger partial charge in [0.2, 0.25) is 5.91 Å². The number of aromatic nitrogens is 2. The Balaban J connectivity index is 1.21. The Morgan fingerprint density at radius 2 is 1.91 bits per heavy atom. The highest BCUT2D eigenvalue weighted by Crippen LogP contribution is 2.31. The van der Waals surface area contributed by atoms with E-state index >= 15 is 0 Å². The van der Waals surface area contributed by atoms with Crippen molar-refractivity contribution in [2.24, 2.45) is 5.92 Å². The molecule has 1 atom stereocenters. The minimum atomic E-state index is -0.0696. The first kappa shape index (κ1) is 23.3. The van der Waals surface area contributed by atoms with Gasteiger partial charge in [-0.2, -0.15) is 0 Å². The number of nitrogens with zero attached hydrogens (tertiary/aromatic N) is 2. The molecule has 0 saturated carbocycles. The van der Waals surface area contributed by atoms with Crippen LogP contribution in [0.4, 0.5) is 0 Å². The molecule has 5 rings (SSSR count). The summed E-state index contributed by atoms with van der Waals surface area (Å²) in [6, 6.07) is 12.0. The van der Waals surface area contributed by atoms with Crippen LogP contribution in [0.3, 0.4) is 0 Å². The van der Waals surface area contributed by atoms with Gasteiger partial charge >= 0.3 is 0 Å². The average molecular weight is 471 g/mol. The molecule has 1 fully saturated rings. The van der Waals surface area contributed by atoms with Crippen molar-refractivity contribution >= 4 is 22.7 Å². The van der Waals surface area contributed by atoms with Gasteiger partial charge in [0.05, 0.1) is 11.3 Å². The second-order valence-corrected chi connectivity index (χ2v) is 9.83. The zero-order chi connectivity index (χ0) is 24.2. The smallest absolute Gasteiger partial charge is 0.253 e. The summed E-state index contributed by atoms with van der Waals surface area (Å²) in [5.74, 6) is 0.548. The molecule has 3 heterocycles. The number of pyridine rings is 1. The van der Waals surface area contributed by atoms with Crippen molar-refractivity contribution in [1.29, 1.82) is 0 Å². The van der Waals surface area contributed by atoms with E-state index in [-0.39, 0.29) is 17.7 Å². The van der Waals surface area contributed by atoms with Gasteiger partial charge in [-0.1, -0.05) is 30.4 Å². The lowest BCUT2D eigenvalue weighted by atomic mass is 9.88. The Morgan fingerprint density at radius 1 is 1.09 bits per heavy atom. The topological polar surface area (TPSA) is 78.1 Å². The second kappa shape index (κ2) is 10.5. The van der Waals surface area contributed by atoms with Crippen molar-refractivity contribution in [3.05, 3.63) is 77.3 Å². The molecule has 3 aromatic rings. The predicted octanol–water partition coefficient (Wildman–Crippen LogP) is 4.91. The fraction of sp³-hybridized carbons (Fsp3) is 0.414. The number of para-hydroxylation sites is 1. The molecule has 182 valence electrons. The summed E-state index contributed by atoms with van der Waals surface area (Å²) in [7, 11) is 0. The van der Waals surface area contributed by atoms with Crippen molar-refractivity contribution in [2.75, 3.05) is 19.6 Å². The van der Waals surface area contributed by atoms with Crippen molar-refractivity contribution < 1.29 is 9.59 Å². The maximum absolute atomic E-state index is 13.2. The Kier molecular flexibility index (Phi) is 6.98. The summed E-state index contributed by atoms with van der Waals surface area (Å²) in [6.07, 6.45) is 11.6. The van der Waals surface area contributed by atoms with Gasteiger partial charge in [0.1, 0.15) is 0 Å². The van der Waals surface area contributed by atoms with Gasteiger partial charge in [-0.15, -0.1) is 0 Å². The van der Waals surface area contributed by atoms with Crippen LogP contribution in [-0.2, 0) is 11.2 Å². The number of piperidine rings is 1. The number of hydrogen-bond donors (Lipinski definition) is 2. The maximum atomic E-state index is 13.2. The molecule has 6 heteroatoms. The number of benzene rings is 1. The highest BCUT2D eigenvalue weighted by atomic mass is 16.2. The van der Waals surface area contributed by atoms with Gasteiger partial charge in [-0.05, 0) is 69.2 Å². The monoisotopic (exact) mass is 470 g/mol. The van der Waals surface area contributed by atoms with E-state index in [4.69, 9.17) is 4.98 Å². The van der Waals surface area contributed by atoms with Gasteiger partial charge in [-0.25, -0.2) is 0 Å². The Labute approximate surface area is 206 Å². The molecule has 2 amide bonds. The van der Waals surface area contributed by atoms with Crippen LogP contribution < -0.4 is 5.32 Å². The molecule has 2 N–H and O–H groups in total. The number of hydrogen-bond acceptors (Lipinski definition) is 3. The number of carbonyl (C=O) groups excluding carboxylic acids is 2. The Hall–Kier alpha value is -3.41. The molecule has 1 saturated heterocycles. The normalized spacial score (nSPS) is 18.7. The summed E-state index contributed by atoms with van der Waals surface area (Å²) in [6.45, 7) is 4.01. The van der Waals surface area contributed by atoms with Gasteiger partial charge in [0, 0.05) is 54.3 Å². The van der Waals surface area contributed by atoms with E-state index in [0.29, 0.717) is 18.0 Å². The van der Waals surface area contributed by atoms with Crippen LogP contribution in [-0.4, -0.2) is 46.3 Å². The molecular formula is C29H34N4O2.